The van der Waals surface area contributed by atoms with Gasteiger partial charge in [-0.05, 0) is 62.1 Å². The Hall–Kier alpha value is -2.09. The van der Waals surface area contributed by atoms with Gasteiger partial charge in [0.25, 0.3) is 0 Å². The van der Waals surface area contributed by atoms with Crippen molar-refractivity contribution in [1.82, 2.24) is 9.80 Å². The Morgan fingerprint density at radius 3 is 1.97 bits per heavy atom. The van der Waals surface area contributed by atoms with Gasteiger partial charge in [0.05, 0.1) is 10.1 Å². The van der Waals surface area contributed by atoms with E-state index in [1.807, 2.05) is 17.0 Å². The quantitative estimate of drug-likeness (QED) is 0.530. The van der Waals surface area contributed by atoms with Crippen molar-refractivity contribution in [3.05, 3.63) is 29.8 Å². The van der Waals surface area contributed by atoms with Crippen LogP contribution in [-0.4, -0.2) is 61.5 Å². The van der Waals surface area contributed by atoms with Crippen molar-refractivity contribution in [3.8, 4) is 0 Å². The Morgan fingerprint density at radius 2 is 1.41 bits per heavy atom. The van der Waals surface area contributed by atoms with Crippen LogP contribution in [0.5, 0.6) is 0 Å². The summed E-state index contributed by atoms with van der Waals surface area (Å²) in [4.78, 5) is 17.0. The molecule has 0 bridgehead atoms. The van der Waals surface area contributed by atoms with Crippen LogP contribution >= 0.6 is 0 Å². The van der Waals surface area contributed by atoms with Crippen LogP contribution in [-0.2, 0) is 14.6 Å². The summed E-state index contributed by atoms with van der Waals surface area (Å²) in [5.41, 5.74) is 6.80. The standard InChI is InChI=1S/C24H36N4O3S/c25-24(26)28-14-10-20(11-15-28)23(29)27-16-12-22(13-17-27)32(30,31)21-8-6-19(7-9-21)18-4-2-1-3-5-18/h6-9,18,20,22H,1-5,10-17H2,(H3,25,26). The van der Waals surface area contributed by atoms with Gasteiger partial charge < -0.3 is 15.5 Å². The maximum absolute atomic E-state index is 13.2. The van der Waals surface area contributed by atoms with Gasteiger partial charge in [-0.15, -0.1) is 0 Å². The molecule has 3 aliphatic rings. The van der Waals surface area contributed by atoms with Crippen molar-refractivity contribution >= 4 is 21.7 Å². The number of piperidine rings is 2. The largest absolute Gasteiger partial charge is 0.370 e. The normalized spacial score (nSPS) is 22.1. The van der Waals surface area contributed by atoms with Gasteiger partial charge in [0, 0.05) is 32.1 Å². The summed E-state index contributed by atoms with van der Waals surface area (Å²) in [6.07, 6.45) is 8.61. The van der Waals surface area contributed by atoms with Crippen LogP contribution in [0.1, 0.15) is 69.3 Å². The van der Waals surface area contributed by atoms with E-state index in [9.17, 15) is 13.2 Å². The molecule has 176 valence electrons. The van der Waals surface area contributed by atoms with Crippen molar-refractivity contribution in [1.29, 1.82) is 5.41 Å². The van der Waals surface area contributed by atoms with Gasteiger partial charge in [-0.25, -0.2) is 8.42 Å². The zero-order valence-electron chi connectivity index (χ0n) is 18.8. The predicted molar refractivity (Wildman–Crippen MR) is 125 cm³/mol. The summed E-state index contributed by atoms with van der Waals surface area (Å²) in [6, 6.07) is 7.60. The van der Waals surface area contributed by atoms with E-state index in [0.29, 0.717) is 62.7 Å². The van der Waals surface area contributed by atoms with Gasteiger partial charge in [-0.3, -0.25) is 10.2 Å². The van der Waals surface area contributed by atoms with Crippen LogP contribution in [0.15, 0.2) is 29.2 Å². The zero-order chi connectivity index (χ0) is 22.7. The minimum atomic E-state index is -3.38. The number of carbonyl (C=O) groups excluding carboxylic acids is 1. The number of hydrogen-bond acceptors (Lipinski definition) is 4. The molecule has 4 rings (SSSR count). The number of nitrogens with zero attached hydrogens (tertiary/aromatic N) is 2. The van der Waals surface area contributed by atoms with Gasteiger partial charge in [0.15, 0.2) is 15.8 Å². The van der Waals surface area contributed by atoms with Gasteiger partial charge in [0.2, 0.25) is 5.91 Å². The molecule has 0 unspecified atom stereocenters. The number of amides is 1. The highest BCUT2D eigenvalue weighted by atomic mass is 32.2. The minimum Gasteiger partial charge on any atom is -0.370 e. The van der Waals surface area contributed by atoms with Gasteiger partial charge in [-0.2, -0.15) is 0 Å². The second kappa shape index (κ2) is 9.81. The molecule has 32 heavy (non-hydrogen) atoms. The predicted octanol–water partition coefficient (Wildman–Crippen LogP) is 3.10. The molecule has 2 heterocycles. The van der Waals surface area contributed by atoms with E-state index in [2.05, 4.69) is 0 Å². The molecular weight excluding hydrogens is 424 g/mol. The average Bonchev–Trinajstić information content (AvgIpc) is 2.84. The molecule has 1 aromatic carbocycles. The number of likely N-dealkylation sites (tertiary alicyclic amines) is 2. The van der Waals surface area contributed by atoms with Crippen molar-refractivity contribution in [2.75, 3.05) is 26.2 Å². The number of guanidine groups is 1. The molecule has 8 heteroatoms. The lowest BCUT2D eigenvalue weighted by atomic mass is 9.84. The first-order valence-corrected chi connectivity index (χ1v) is 13.6. The topological polar surface area (TPSA) is 108 Å². The Morgan fingerprint density at radius 1 is 0.844 bits per heavy atom. The molecule has 1 aromatic rings. The van der Waals surface area contributed by atoms with Crippen LogP contribution in [0.4, 0.5) is 0 Å². The summed E-state index contributed by atoms with van der Waals surface area (Å²) in [5, 5.41) is 7.10. The Labute approximate surface area is 191 Å². The third kappa shape index (κ3) is 4.95. The Balaban J connectivity index is 1.32. The highest BCUT2D eigenvalue weighted by Gasteiger charge is 2.35. The molecule has 0 aromatic heterocycles. The smallest absolute Gasteiger partial charge is 0.225 e. The van der Waals surface area contributed by atoms with Crippen molar-refractivity contribution < 1.29 is 13.2 Å². The number of benzene rings is 1. The number of sulfone groups is 1. The highest BCUT2D eigenvalue weighted by Crippen LogP contribution is 2.34. The third-order valence-electron chi connectivity index (χ3n) is 7.66. The summed E-state index contributed by atoms with van der Waals surface area (Å²) in [6.45, 7) is 2.26. The summed E-state index contributed by atoms with van der Waals surface area (Å²) < 4.78 is 26.4. The first-order valence-electron chi connectivity index (χ1n) is 12.1. The molecular formula is C24H36N4O3S. The number of nitrogens with one attached hydrogen (secondary N) is 1. The maximum Gasteiger partial charge on any atom is 0.225 e. The van der Waals surface area contributed by atoms with Crippen LogP contribution in [0, 0.1) is 11.3 Å². The number of hydrogen-bond donors (Lipinski definition) is 2. The van der Waals surface area contributed by atoms with Crippen molar-refractivity contribution in [3.63, 3.8) is 0 Å². The summed E-state index contributed by atoms with van der Waals surface area (Å²) in [7, 11) is -3.38. The number of carbonyl (C=O) groups is 1. The molecule has 0 radical (unpaired) electrons. The lowest BCUT2D eigenvalue weighted by Gasteiger charge is -2.37. The molecule has 1 aliphatic carbocycles. The van der Waals surface area contributed by atoms with E-state index in [0.717, 1.165) is 0 Å². The molecule has 3 fully saturated rings. The van der Waals surface area contributed by atoms with Crippen molar-refractivity contribution in [2.45, 2.75) is 73.9 Å². The van der Waals surface area contributed by atoms with E-state index in [1.54, 1.807) is 17.0 Å². The molecule has 2 saturated heterocycles. The summed E-state index contributed by atoms with van der Waals surface area (Å²) >= 11 is 0. The van der Waals surface area contributed by atoms with Crippen LogP contribution in [0.25, 0.3) is 0 Å². The fourth-order valence-corrected chi connectivity index (χ4v) is 7.30. The van der Waals surface area contributed by atoms with Crippen LogP contribution in [0.2, 0.25) is 0 Å². The van der Waals surface area contributed by atoms with Crippen LogP contribution < -0.4 is 5.73 Å². The van der Waals surface area contributed by atoms with E-state index in [-0.39, 0.29) is 17.8 Å². The molecule has 1 saturated carbocycles. The lowest BCUT2D eigenvalue weighted by Crippen LogP contribution is -2.49. The molecule has 2 aliphatic heterocycles. The Bertz CT molecular complexity index is 909. The third-order valence-corrected chi connectivity index (χ3v) is 9.94. The Kier molecular flexibility index (Phi) is 7.08. The average molecular weight is 461 g/mol. The first kappa shape index (κ1) is 23.1. The minimum absolute atomic E-state index is 0.0499. The molecule has 3 N–H and O–H groups in total. The highest BCUT2D eigenvalue weighted by molar-refractivity contribution is 7.92. The van der Waals surface area contributed by atoms with Gasteiger partial charge >= 0.3 is 0 Å². The maximum atomic E-state index is 13.2. The van der Waals surface area contributed by atoms with E-state index < -0.39 is 15.1 Å². The molecule has 7 nitrogen and oxygen atoms in total. The fourth-order valence-electron chi connectivity index (χ4n) is 5.57. The van der Waals surface area contributed by atoms with Crippen LogP contribution in [0.3, 0.4) is 0 Å². The number of rotatable bonds is 4. The zero-order valence-corrected chi connectivity index (χ0v) is 19.7. The second-order valence-corrected chi connectivity index (χ2v) is 11.8. The fraction of sp³-hybridized carbons (Fsp3) is 0.667. The summed E-state index contributed by atoms with van der Waals surface area (Å²) in [5.74, 6) is 0.706. The SMILES string of the molecule is N=C(N)N1CCC(C(=O)N2CCC(S(=O)(=O)c3ccc(C4CCCCC4)cc3)CC2)CC1. The monoisotopic (exact) mass is 460 g/mol. The van der Waals surface area contributed by atoms with Crippen molar-refractivity contribution in [2.24, 2.45) is 11.7 Å². The van der Waals surface area contributed by atoms with E-state index in [1.165, 1.54) is 37.7 Å². The van der Waals surface area contributed by atoms with E-state index in [4.69, 9.17) is 11.1 Å². The van der Waals surface area contributed by atoms with Gasteiger partial charge in [0.1, 0.15) is 0 Å². The molecule has 1 amide bonds. The molecule has 0 atom stereocenters. The first-order chi connectivity index (χ1) is 15.4. The second-order valence-electron chi connectivity index (χ2n) is 9.62. The molecule has 0 spiro atoms. The lowest BCUT2D eigenvalue weighted by molar-refractivity contribution is -0.137. The van der Waals surface area contributed by atoms with Gasteiger partial charge in [-0.1, -0.05) is 31.4 Å². The van der Waals surface area contributed by atoms with E-state index >= 15 is 0 Å². The number of nitrogens with two attached hydrogens (primary N) is 1.